The van der Waals surface area contributed by atoms with Crippen molar-refractivity contribution in [2.45, 2.75) is 70.2 Å². The van der Waals surface area contributed by atoms with Gasteiger partial charge in [-0.15, -0.1) is 0 Å². The molecule has 24 heavy (non-hydrogen) atoms. The Labute approximate surface area is 141 Å². The number of carbonyl (C=O) groups is 2. The Morgan fingerprint density at radius 1 is 1.08 bits per heavy atom. The van der Waals surface area contributed by atoms with Gasteiger partial charge in [-0.2, -0.15) is 0 Å². The van der Waals surface area contributed by atoms with Gasteiger partial charge < -0.3 is 15.3 Å². The van der Waals surface area contributed by atoms with Crippen molar-refractivity contribution in [2.24, 2.45) is 22.7 Å². The molecule has 0 aromatic heterocycles. The van der Waals surface area contributed by atoms with Crippen LogP contribution in [0.15, 0.2) is 11.6 Å². The van der Waals surface area contributed by atoms with Gasteiger partial charge in [-0.25, -0.2) is 0 Å². The van der Waals surface area contributed by atoms with Crippen LogP contribution in [0.5, 0.6) is 0 Å². The summed E-state index contributed by atoms with van der Waals surface area (Å²) in [5, 5.41) is 31.6. The molecule has 4 aliphatic rings. The van der Waals surface area contributed by atoms with Crippen LogP contribution in [-0.4, -0.2) is 44.7 Å². The molecule has 5 heteroatoms. The van der Waals surface area contributed by atoms with Gasteiger partial charge in [-0.05, 0) is 62.0 Å². The molecular formula is C19H26O5. The summed E-state index contributed by atoms with van der Waals surface area (Å²) in [5.41, 5.74) is -1.80. The fourth-order valence-electron chi connectivity index (χ4n) is 6.14. The van der Waals surface area contributed by atoms with Gasteiger partial charge in [-0.3, -0.25) is 9.59 Å². The third-order valence-electron chi connectivity index (χ3n) is 7.83. The van der Waals surface area contributed by atoms with Crippen LogP contribution in [0.1, 0.15) is 52.4 Å². The van der Waals surface area contributed by atoms with Crippen molar-refractivity contribution in [1.82, 2.24) is 0 Å². The SMILES string of the molecule is C[C@]12C[C@H](O)[C@H](O)C[C@H]1C(=O)C=C1[C@@H]2CC[C@]2(C)C(=O)CCC12O. The molecule has 3 fully saturated rings. The highest BCUT2D eigenvalue weighted by Crippen LogP contribution is 2.64. The van der Waals surface area contributed by atoms with Crippen molar-refractivity contribution >= 4 is 11.6 Å². The van der Waals surface area contributed by atoms with Crippen LogP contribution >= 0.6 is 0 Å². The Bertz CT molecular complexity index is 654. The number of ketones is 2. The van der Waals surface area contributed by atoms with Gasteiger partial charge in [0.2, 0.25) is 0 Å². The van der Waals surface area contributed by atoms with Gasteiger partial charge in [0.05, 0.1) is 23.2 Å². The Hall–Kier alpha value is -1.04. The van der Waals surface area contributed by atoms with E-state index >= 15 is 0 Å². The second kappa shape index (κ2) is 4.77. The van der Waals surface area contributed by atoms with E-state index in [0.717, 1.165) is 6.42 Å². The summed E-state index contributed by atoms with van der Waals surface area (Å²) in [6, 6.07) is 0. The summed E-state index contributed by atoms with van der Waals surface area (Å²) in [7, 11) is 0. The van der Waals surface area contributed by atoms with Crippen LogP contribution in [-0.2, 0) is 9.59 Å². The molecule has 3 saturated carbocycles. The van der Waals surface area contributed by atoms with Gasteiger partial charge in [0, 0.05) is 12.3 Å². The Kier molecular flexibility index (Phi) is 3.27. The molecule has 0 aliphatic heterocycles. The van der Waals surface area contributed by atoms with Crippen LogP contribution in [0, 0.1) is 22.7 Å². The topological polar surface area (TPSA) is 94.8 Å². The predicted octanol–water partition coefficient (Wildman–Crippen LogP) is 1.14. The van der Waals surface area contributed by atoms with Crippen molar-refractivity contribution in [1.29, 1.82) is 0 Å². The lowest BCUT2D eigenvalue weighted by molar-refractivity contribution is -0.154. The van der Waals surface area contributed by atoms with Crippen LogP contribution in [0.3, 0.4) is 0 Å². The van der Waals surface area contributed by atoms with Crippen LogP contribution in [0.25, 0.3) is 0 Å². The fraction of sp³-hybridized carbons (Fsp3) is 0.789. The number of aliphatic hydroxyl groups excluding tert-OH is 2. The second-order valence-electron chi connectivity index (χ2n) is 8.84. The molecule has 132 valence electrons. The van der Waals surface area contributed by atoms with Gasteiger partial charge >= 0.3 is 0 Å². The fourth-order valence-corrected chi connectivity index (χ4v) is 6.14. The first-order valence-electron chi connectivity index (χ1n) is 9.01. The molecule has 0 aromatic rings. The van der Waals surface area contributed by atoms with Crippen molar-refractivity contribution in [3.05, 3.63) is 11.6 Å². The first kappa shape index (κ1) is 16.4. The summed E-state index contributed by atoms with van der Waals surface area (Å²) in [6.07, 6.45) is 2.56. The largest absolute Gasteiger partial charge is 0.390 e. The average molecular weight is 334 g/mol. The molecule has 1 unspecified atom stereocenters. The number of hydrogen-bond acceptors (Lipinski definition) is 5. The molecule has 4 rings (SSSR count). The standard InChI is InChI=1S/C19H26O5/c1-17-9-15(22)14(21)8-12(17)13(20)7-11-10(17)3-5-18(2)16(23)4-6-19(11,18)24/h7,10,12,14-15,21-22,24H,3-6,8-9H2,1-2H3/t10-,12-,14+,15-,17+,18+,19?/m0/s1. The van der Waals surface area contributed by atoms with Crippen LogP contribution in [0.2, 0.25) is 0 Å². The van der Waals surface area contributed by atoms with E-state index in [1.54, 1.807) is 6.08 Å². The minimum absolute atomic E-state index is 0.0219. The zero-order valence-corrected chi connectivity index (χ0v) is 14.3. The van der Waals surface area contributed by atoms with Crippen molar-refractivity contribution in [2.75, 3.05) is 0 Å². The summed E-state index contributed by atoms with van der Waals surface area (Å²) < 4.78 is 0. The number of allylic oxidation sites excluding steroid dienone is 1. The zero-order chi connectivity index (χ0) is 17.5. The number of Topliss-reactive ketones (excluding diaryl/α,β-unsaturated/α-hetero) is 1. The molecule has 0 aromatic carbocycles. The van der Waals surface area contributed by atoms with E-state index in [-0.39, 0.29) is 29.8 Å². The number of carbonyl (C=O) groups excluding carboxylic acids is 2. The first-order valence-corrected chi connectivity index (χ1v) is 9.01. The maximum absolute atomic E-state index is 12.8. The third kappa shape index (κ3) is 1.76. The molecular weight excluding hydrogens is 308 g/mol. The van der Waals surface area contributed by atoms with E-state index in [4.69, 9.17) is 0 Å². The maximum atomic E-state index is 12.8. The molecule has 0 heterocycles. The molecule has 0 spiro atoms. The number of fused-ring (bicyclic) bond motifs is 5. The van der Waals surface area contributed by atoms with Gasteiger partial charge in [0.15, 0.2) is 5.78 Å². The molecule has 5 nitrogen and oxygen atoms in total. The summed E-state index contributed by atoms with van der Waals surface area (Å²) >= 11 is 0. The quantitative estimate of drug-likeness (QED) is 0.618. The maximum Gasteiger partial charge on any atom is 0.159 e. The zero-order valence-electron chi connectivity index (χ0n) is 14.3. The third-order valence-corrected chi connectivity index (χ3v) is 7.83. The number of rotatable bonds is 0. The molecule has 3 N–H and O–H groups in total. The highest BCUT2D eigenvalue weighted by atomic mass is 16.3. The van der Waals surface area contributed by atoms with Crippen LogP contribution < -0.4 is 0 Å². The van der Waals surface area contributed by atoms with E-state index < -0.39 is 28.6 Å². The molecule has 0 radical (unpaired) electrons. The monoisotopic (exact) mass is 334 g/mol. The predicted molar refractivity (Wildman–Crippen MR) is 86.0 cm³/mol. The normalized spacial score (nSPS) is 54.0. The highest BCUT2D eigenvalue weighted by molar-refractivity contribution is 5.96. The van der Waals surface area contributed by atoms with E-state index in [0.29, 0.717) is 31.3 Å². The van der Waals surface area contributed by atoms with Crippen molar-refractivity contribution in [3.63, 3.8) is 0 Å². The first-order chi connectivity index (χ1) is 11.1. The van der Waals surface area contributed by atoms with Crippen molar-refractivity contribution in [3.8, 4) is 0 Å². The summed E-state index contributed by atoms with van der Waals surface area (Å²) in [6.45, 7) is 3.84. The highest BCUT2D eigenvalue weighted by Gasteiger charge is 2.66. The minimum atomic E-state index is -1.24. The van der Waals surface area contributed by atoms with E-state index in [1.165, 1.54) is 0 Å². The molecule has 0 saturated heterocycles. The Balaban J connectivity index is 1.83. The number of aliphatic hydroxyl groups is 3. The van der Waals surface area contributed by atoms with Gasteiger partial charge in [0.25, 0.3) is 0 Å². The van der Waals surface area contributed by atoms with Gasteiger partial charge in [0.1, 0.15) is 5.78 Å². The molecule has 7 atom stereocenters. The van der Waals surface area contributed by atoms with Crippen LogP contribution in [0.4, 0.5) is 0 Å². The summed E-state index contributed by atoms with van der Waals surface area (Å²) in [4.78, 5) is 25.2. The van der Waals surface area contributed by atoms with E-state index in [2.05, 4.69) is 0 Å². The lowest BCUT2D eigenvalue weighted by Crippen LogP contribution is -2.60. The Morgan fingerprint density at radius 2 is 1.79 bits per heavy atom. The smallest absolute Gasteiger partial charge is 0.159 e. The number of hydrogen-bond donors (Lipinski definition) is 3. The molecule has 0 amide bonds. The van der Waals surface area contributed by atoms with E-state index in [1.807, 2.05) is 13.8 Å². The average Bonchev–Trinajstić information content (AvgIpc) is 2.75. The Morgan fingerprint density at radius 3 is 2.50 bits per heavy atom. The lowest BCUT2D eigenvalue weighted by atomic mass is 9.47. The van der Waals surface area contributed by atoms with Crippen molar-refractivity contribution < 1.29 is 24.9 Å². The minimum Gasteiger partial charge on any atom is -0.390 e. The second-order valence-corrected chi connectivity index (χ2v) is 8.84. The lowest BCUT2D eigenvalue weighted by Gasteiger charge is -2.58. The van der Waals surface area contributed by atoms with E-state index in [9.17, 15) is 24.9 Å². The molecule has 4 aliphatic carbocycles. The van der Waals surface area contributed by atoms with Gasteiger partial charge in [-0.1, -0.05) is 6.92 Å². The summed E-state index contributed by atoms with van der Waals surface area (Å²) in [5.74, 6) is -0.337. The molecule has 0 bridgehead atoms.